The number of nitrogens with zero attached hydrogens (tertiary/aromatic N) is 4. The Hall–Kier alpha value is -2.92. The van der Waals surface area contributed by atoms with Crippen LogP contribution in [-0.4, -0.2) is 44.9 Å². The van der Waals surface area contributed by atoms with Gasteiger partial charge in [-0.15, -0.1) is 0 Å². The van der Waals surface area contributed by atoms with Crippen molar-refractivity contribution in [2.45, 2.75) is 51.4 Å². The Morgan fingerprint density at radius 3 is 2.38 bits per heavy atom. The first-order chi connectivity index (χ1) is 15.8. The monoisotopic (exact) mass is 494 g/mol. The van der Waals surface area contributed by atoms with Crippen LogP contribution in [0.3, 0.4) is 0 Å². The number of anilines is 1. The van der Waals surface area contributed by atoms with Gasteiger partial charge in [0.05, 0.1) is 11.3 Å². The number of alkyl halides is 3. The molecule has 0 amide bonds. The third-order valence-electron chi connectivity index (χ3n) is 5.37. The van der Waals surface area contributed by atoms with E-state index in [4.69, 9.17) is 5.73 Å². The number of hydrogen-bond donors (Lipinski definition) is 3. The number of aliphatic hydroxyl groups is 1. The van der Waals surface area contributed by atoms with Crippen LogP contribution in [0.15, 0.2) is 47.7 Å². The highest BCUT2D eigenvalue weighted by molar-refractivity contribution is 7.09. The molecule has 1 saturated heterocycles. The van der Waals surface area contributed by atoms with Gasteiger partial charge in [-0.05, 0) is 57.4 Å². The second kappa shape index (κ2) is 10.1. The van der Waals surface area contributed by atoms with E-state index in [1.165, 1.54) is 29.7 Å². The molecule has 184 valence electrons. The van der Waals surface area contributed by atoms with E-state index >= 15 is 0 Å². The molecule has 4 N–H and O–H groups in total. The molecular weight excluding hydrogens is 465 g/mol. The van der Waals surface area contributed by atoms with Gasteiger partial charge in [-0.3, -0.25) is 0 Å². The van der Waals surface area contributed by atoms with Gasteiger partial charge in [0.15, 0.2) is 0 Å². The molecule has 0 spiro atoms. The zero-order chi connectivity index (χ0) is 25.1. The van der Waals surface area contributed by atoms with Crippen molar-refractivity contribution in [3.8, 4) is 0 Å². The van der Waals surface area contributed by atoms with Gasteiger partial charge in [0.1, 0.15) is 17.2 Å². The molecule has 0 saturated carbocycles. The average Bonchev–Trinajstić information content (AvgIpc) is 3.19. The van der Waals surface area contributed by atoms with Crippen LogP contribution in [0.5, 0.6) is 0 Å². The van der Waals surface area contributed by atoms with E-state index in [0.717, 1.165) is 49.0 Å². The highest BCUT2D eigenvalue weighted by atomic mass is 32.1. The van der Waals surface area contributed by atoms with Crippen molar-refractivity contribution >= 4 is 28.1 Å². The summed E-state index contributed by atoms with van der Waals surface area (Å²) in [7, 11) is 0. The molecule has 0 radical (unpaired) electrons. The summed E-state index contributed by atoms with van der Waals surface area (Å²) < 4.78 is 42.7. The Morgan fingerprint density at radius 1 is 1.26 bits per heavy atom. The van der Waals surface area contributed by atoms with E-state index in [0.29, 0.717) is 11.4 Å². The van der Waals surface area contributed by atoms with Crippen LogP contribution in [0.2, 0.25) is 0 Å². The van der Waals surface area contributed by atoms with Crippen molar-refractivity contribution < 1.29 is 18.3 Å². The average molecular weight is 495 g/mol. The van der Waals surface area contributed by atoms with Crippen LogP contribution in [0.25, 0.3) is 5.70 Å². The Labute approximate surface area is 201 Å². The van der Waals surface area contributed by atoms with Gasteiger partial charge in [-0.25, -0.2) is 9.98 Å². The van der Waals surface area contributed by atoms with E-state index in [9.17, 15) is 18.3 Å². The number of rotatable bonds is 7. The highest BCUT2D eigenvalue weighted by Crippen LogP contribution is 2.30. The highest BCUT2D eigenvalue weighted by Gasteiger charge is 2.30. The predicted molar refractivity (Wildman–Crippen MR) is 129 cm³/mol. The second-order valence-corrected chi connectivity index (χ2v) is 9.44. The van der Waals surface area contributed by atoms with Gasteiger partial charge in [0.25, 0.3) is 0 Å². The van der Waals surface area contributed by atoms with Crippen LogP contribution in [0.4, 0.5) is 18.3 Å². The first kappa shape index (κ1) is 25.7. The number of piperidine rings is 1. The van der Waals surface area contributed by atoms with Crippen molar-refractivity contribution in [2.75, 3.05) is 18.0 Å². The van der Waals surface area contributed by atoms with E-state index in [1.807, 2.05) is 6.92 Å². The van der Waals surface area contributed by atoms with Crippen molar-refractivity contribution in [1.29, 1.82) is 0 Å². The molecule has 0 unspecified atom stereocenters. The quantitative estimate of drug-likeness (QED) is 0.501. The lowest BCUT2D eigenvalue weighted by Crippen LogP contribution is -2.42. The summed E-state index contributed by atoms with van der Waals surface area (Å²) in [6.07, 6.45) is -1.26. The normalized spacial score (nSPS) is 16.6. The van der Waals surface area contributed by atoms with Crippen LogP contribution in [0, 0.1) is 6.92 Å². The molecule has 0 aliphatic carbocycles. The second-order valence-electron chi connectivity index (χ2n) is 8.71. The smallest absolute Gasteiger partial charge is 0.398 e. The minimum absolute atomic E-state index is 0.154. The van der Waals surface area contributed by atoms with Gasteiger partial charge in [0, 0.05) is 36.4 Å². The SMILES string of the molecule is C=C(N=C(/C=C(\N)c1ccc(C(F)(F)F)cc1)C(C)(C)O)NC1CCN(c2nc(C)ns2)CC1. The van der Waals surface area contributed by atoms with Crippen LogP contribution < -0.4 is 16.0 Å². The Balaban J connectivity index is 1.67. The lowest BCUT2D eigenvalue weighted by molar-refractivity contribution is -0.137. The fourth-order valence-electron chi connectivity index (χ4n) is 3.47. The molecule has 1 aliphatic rings. The molecule has 7 nitrogen and oxygen atoms in total. The largest absolute Gasteiger partial charge is 0.416 e. The summed E-state index contributed by atoms with van der Waals surface area (Å²) >= 11 is 1.39. The van der Waals surface area contributed by atoms with Crippen molar-refractivity contribution in [2.24, 2.45) is 10.7 Å². The number of nitrogens with one attached hydrogen (secondary N) is 1. The molecule has 34 heavy (non-hydrogen) atoms. The zero-order valence-corrected chi connectivity index (χ0v) is 20.2. The summed E-state index contributed by atoms with van der Waals surface area (Å²) in [5, 5.41) is 14.8. The molecule has 11 heteroatoms. The maximum Gasteiger partial charge on any atom is 0.416 e. The molecule has 2 heterocycles. The maximum absolute atomic E-state index is 12.8. The van der Waals surface area contributed by atoms with Crippen molar-refractivity contribution in [3.05, 3.63) is 59.7 Å². The first-order valence-corrected chi connectivity index (χ1v) is 11.6. The molecule has 0 atom stereocenters. The third-order valence-corrected chi connectivity index (χ3v) is 6.24. The van der Waals surface area contributed by atoms with Gasteiger partial charge < -0.3 is 21.1 Å². The minimum atomic E-state index is -4.42. The zero-order valence-electron chi connectivity index (χ0n) is 19.4. The molecule has 1 fully saturated rings. The molecule has 0 bridgehead atoms. The molecule has 1 aliphatic heterocycles. The standard InChI is InChI=1S/C23H29F3N6OS/c1-14(28-18-9-11-32(12-10-18)21-30-15(2)31-34-21)29-20(22(3,4)33)13-19(27)16-5-7-17(8-6-16)23(24,25)26/h5-8,13,18,28,33H,1,9-12,27H2,2-4H3/b19-13-,29-20?. The summed E-state index contributed by atoms with van der Waals surface area (Å²) in [5.74, 6) is 1.14. The van der Waals surface area contributed by atoms with Crippen LogP contribution >= 0.6 is 11.5 Å². The third kappa shape index (κ3) is 6.80. The fourth-order valence-corrected chi connectivity index (χ4v) is 4.20. The van der Waals surface area contributed by atoms with E-state index < -0.39 is 17.3 Å². The summed E-state index contributed by atoms with van der Waals surface area (Å²) in [6, 6.07) is 4.66. The first-order valence-electron chi connectivity index (χ1n) is 10.8. The molecule has 3 rings (SSSR count). The van der Waals surface area contributed by atoms with E-state index in [2.05, 4.69) is 31.1 Å². The number of aromatic nitrogens is 2. The van der Waals surface area contributed by atoms with Gasteiger partial charge in [-0.2, -0.15) is 17.5 Å². The Morgan fingerprint density at radius 2 is 1.88 bits per heavy atom. The Bertz CT molecular complexity index is 1060. The molecular formula is C23H29F3N6OS. The van der Waals surface area contributed by atoms with Crippen molar-refractivity contribution in [3.63, 3.8) is 0 Å². The topological polar surface area (TPSA) is 99.7 Å². The number of halogens is 3. The maximum atomic E-state index is 12.8. The Kier molecular flexibility index (Phi) is 7.67. The summed E-state index contributed by atoms with van der Waals surface area (Å²) in [6.45, 7) is 10.6. The number of aliphatic imine (C=N–C) groups is 1. The van der Waals surface area contributed by atoms with Gasteiger partial charge in [-0.1, -0.05) is 18.7 Å². The number of aryl methyl sites for hydroxylation is 1. The summed E-state index contributed by atoms with van der Waals surface area (Å²) in [4.78, 5) is 11.1. The minimum Gasteiger partial charge on any atom is -0.398 e. The molecule has 1 aromatic heterocycles. The van der Waals surface area contributed by atoms with Crippen molar-refractivity contribution in [1.82, 2.24) is 14.7 Å². The van der Waals surface area contributed by atoms with Crippen LogP contribution in [0.1, 0.15) is 43.6 Å². The van der Waals surface area contributed by atoms with Crippen LogP contribution in [-0.2, 0) is 6.18 Å². The number of nitrogens with two attached hydrogens (primary N) is 1. The lowest BCUT2D eigenvalue weighted by Gasteiger charge is -2.32. The van der Waals surface area contributed by atoms with Gasteiger partial charge in [0.2, 0.25) is 5.13 Å². The van der Waals surface area contributed by atoms with Gasteiger partial charge >= 0.3 is 6.18 Å². The summed E-state index contributed by atoms with van der Waals surface area (Å²) in [5.41, 5.74) is 4.82. The molecule has 2 aromatic rings. The predicted octanol–water partition coefficient (Wildman–Crippen LogP) is 4.11. The van der Waals surface area contributed by atoms with E-state index in [1.54, 1.807) is 13.8 Å². The lowest BCUT2D eigenvalue weighted by atomic mass is 9.99. The molecule has 1 aromatic carbocycles. The fraction of sp³-hybridized carbons (Fsp3) is 0.435. The number of hydrogen-bond acceptors (Lipinski definition) is 8. The van der Waals surface area contributed by atoms with E-state index in [-0.39, 0.29) is 17.5 Å². The number of benzene rings is 1.